The first kappa shape index (κ1) is 23.0. The zero-order valence-electron chi connectivity index (χ0n) is 18.8. The highest BCUT2D eigenvalue weighted by Gasteiger charge is 2.36. The monoisotopic (exact) mass is 467 g/mol. The van der Waals surface area contributed by atoms with E-state index in [1.807, 2.05) is 50.4 Å². The lowest BCUT2D eigenvalue weighted by Crippen LogP contribution is -2.41. The molecule has 1 atom stereocenters. The van der Waals surface area contributed by atoms with Crippen molar-refractivity contribution in [3.63, 3.8) is 0 Å². The molecule has 1 unspecified atom stereocenters. The van der Waals surface area contributed by atoms with E-state index in [0.717, 1.165) is 16.8 Å². The van der Waals surface area contributed by atoms with Gasteiger partial charge in [0.2, 0.25) is 5.91 Å². The SMILES string of the molecule is C/C=C/C[N+]1=CC(c2ccc(C(=O)N3CCC(C(N)=O)CC3)c(Cl)c2)c2cc(C)[nH]c2C1=O. The zero-order chi connectivity index (χ0) is 23.7. The third-order valence-electron chi connectivity index (χ3n) is 6.43. The van der Waals surface area contributed by atoms with E-state index in [4.69, 9.17) is 17.3 Å². The van der Waals surface area contributed by atoms with Crippen molar-refractivity contribution in [1.29, 1.82) is 0 Å². The van der Waals surface area contributed by atoms with Gasteiger partial charge in [-0.15, -0.1) is 0 Å². The van der Waals surface area contributed by atoms with Gasteiger partial charge in [0.05, 0.1) is 16.5 Å². The van der Waals surface area contributed by atoms with Crippen molar-refractivity contribution in [2.75, 3.05) is 19.6 Å². The van der Waals surface area contributed by atoms with Crippen molar-refractivity contribution in [2.45, 2.75) is 32.6 Å². The lowest BCUT2D eigenvalue weighted by Gasteiger charge is -2.31. The number of allylic oxidation sites excluding steroid dienone is 1. The lowest BCUT2D eigenvalue weighted by molar-refractivity contribution is -0.415. The van der Waals surface area contributed by atoms with Crippen LogP contribution in [-0.2, 0) is 4.79 Å². The van der Waals surface area contributed by atoms with Gasteiger partial charge in [0, 0.05) is 30.3 Å². The normalized spacial score (nSPS) is 19.0. The molecule has 3 heterocycles. The number of rotatable bonds is 5. The number of amides is 3. The summed E-state index contributed by atoms with van der Waals surface area (Å²) >= 11 is 6.59. The van der Waals surface area contributed by atoms with Crippen molar-refractivity contribution in [3.8, 4) is 0 Å². The molecule has 3 amide bonds. The molecule has 0 radical (unpaired) electrons. The number of hydrogen-bond acceptors (Lipinski definition) is 3. The number of carbonyl (C=O) groups excluding carboxylic acids is 3. The Labute approximate surface area is 197 Å². The molecule has 2 aromatic rings. The van der Waals surface area contributed by atoms with Crippen LogP contribution >= 0.6 is 11.6 Å². The topological polar surface area (TPSA) is 99.3 Å². The molecule has 1 aromatic heterocycles. The molecular weight excluding hydrogens is 440 g/mol. The smallest absolute Gasteiger partial charge is 0.369 e. The van der Waals surface area contributed by atoms with Gasteiger partial charge >= 0.3 is 5.91 Å². The maximum absolute atomic E-state index is 13.1. The average Bonchev–Trinajstić information content (AvgIpc) is 3.20. The largest absolute Gasteiger partial charge is 0.436 e. The molecule has 2 aliphatic heterocycles. The van der Waals surface area contributed by atoms with Gasteiger partial charge in [-0.3, -0.25) is 9.59 Å². The maximum atomic E-state index is 13.1. The summed E-state index contributed by atoms with van der Waals surface area (Å²) in [6.07, 6.45) is 6.90. The van der Waals surface area contributed by atoms with E-state index < -0.39 is 0 Å². The van der Waals surface area contributed by atoms with Gasteiger partial charge in [0.25, 0.3) is 5.91 Å². The fourth-order valence-electron chi connectivity index (χ4n) is 4.57. The molecule has 0 saturated carbocycles. The molecule has 1 saturated heterocycles. The molecule has 1 aromatic carbocycles. The Balaban J connectivity index is 1.61. The third kappa shape index (κ3) is 4.50. The number of hydrogen-bond donors (Lipinski definition) is 2. The first-order valence-electron chi connectivity index (χ1n) is 11.1. The molecule has 0 aliphatic carbocycles. The minimum Gasteiger partial charge on any atom is -0.369 e. The van der Waals surface area contributed by atoms with E-state index in [0.29, 0.717) is 48.8 Å². The van der Waals surface area contributed by atoms with Gasteiger partial charge < -0.3 is 15.6 Å². The molecule has 2 aliphatic rings. The predicted molar refractivity (Wildman–Crippen MR) is 127 cm³/mol. The van der Waals surface area contributed by atoms with E-state index in [-0.39, 0.29) is 29.6 Å². The lowest BCUT2D eigenvalue weighted by atomic mass is 9.89. The van der Waals surface area contributed by atoms with Gasteiger partial charge in [-0.1, -0.05) is 23.7 Å². The number of aromatic amines is 1. The highest BCUT2D eigenvalue weighted by atomic mass is 35.5. The molecule has 172 valence electrons. The van der Waals surface area contributed by atoms with Gasteiger partial charge in [0.15, 0.2) is 18.5 Å². The predicted octanol–water partition coefficient (Wildman–Crippen LogP) is 3.26. The number of carbonyl (C=O) groups is 3. The van der Waals surface area contributed by atoms with Gasteiger partial charge in [-0.25, -0.2) is 4.79 Å². The summed E-state index contributed by atoms with van der Waals surface area (Å²) in [6, 6.07) is 7.44. The Bertz CT molecular complexity index is 1170. The van der Waals surface area contributed by atoms with Crippen LogP contribution in [0.3, 0.4) is 0 Å². The highest BCUT2D eigenvalue weighted by Crippen LogP contribution is 2.33. The minimum absolute atomic E-state index is 0.0651. The fourth-order valence-corrected chi connectivity index (χ4v) is 4.84. The van der Waals surface area contributed by atoms with E-state index >= 15 is 0 Å². The van der Waals surface area contributed by atoms with Gasteiger partial charge in [0.1, 0.15) is 0 Å². The number of nitrogens with one attached hydrogen (secondary N) is 1. The number of nitrogens with two attached hydrogens (primary N) is 1. The number of primary amides is 1. The van der Waals surface area contributed by atoms with Crippen LogP contribution in [0.15, 0.2) is 36.4 Å². The number of piperidine rings is 1. The van der Waals surface area contributed by atoms with Crippen molar-refractivity contribution in [1.82, 2.24) is 9.88 Å². The Kier molecular flexibility index (Phi) is 6.51. The van der Waals surface area contributed by atoms with Gasteiger partial charge in [-0.2, -0.15) is 4.58 Å². The fraction of sp³-hybridized carbons (Fsp3) is 0.360. The van der Waals surface area contributed by atoms with Crippen molar-refractivity contribution >= 4 is 35.5 Å². The minimum atomic E-state index is -0.311. The third-order valence-corrected chi connectivity index (χ3v) is 6.74. The van der Waals surface area contributed by atoms with Gasteiger partial charge in [-0.05, 0) is 56.5 Å². The second-order valence-electron chi connectivity index (χ2n) is 8.64. The molecule has 3 N–H and O–H groups in total. The first-order valence-corrected chi connectivity index (χ1v) is 11.5. The summed E-state index contributed by atoms with van der Waals surface area (Å²) in [5.74, 6) is -0.869. The summed E-state index contributed by atoms with van der Waals surface area (Å²) in [5, 5.41) is 0.369. The van der Waals surface area contributed by atoms with Crippen molar-refractivity contribution in [3.05, 3.63) is 69.5 Å². The van der Waals surface area contributed by atoms with Crippen molar-refractivity contribution < 1.29 is 19.0 Å². The van der Waals surface area contributed by atoms with E-state index in [9.17, 15) is 14.4 Å². The Morgan fingerprint density at radius 3 is 2.64 bits per heavy atom. The summed E-state index contributed by atoms with van der Waals surface area (Å²) in [4.78, 5) is 42.2. The molecule has 1 fully saturated rings. The van der Waals surface area contributed by atoms with E-state index in [2.05, 4.69) is 4.98 Å². The molecule has 33 heavy (non-hydrogen) atoms. The Morgan fingerprint density at radius 2 is 2.00 bits per heavy atom. The second kappa shape index (κ2) is 9.35. The number of nitrogens with zero attached hydrogens (tertiary/aromatic N) is 2. The van der Waals surface area contributed by atoms with Crippen LogP contribution in [0.1, 0.15) is 63.4 Å². The van der Waals surface area contributed by atoms with E-state index in [1.54, 1.807) is 15.5 Å². The summed E-state index contributed by atoms with van der Waals surface area (Å²) < 4.78 is 1.69. The molecule has 7 nitrogen and oxygen atoms in total. The number of aromatic nitrogens is 1. The van der Waals surface area contributed by atoms with Crippen LogP contribution in [0.4, 0.5) is 0 Å². The van der Waals surface area contributed by atoms with Crippen LogP contribution in [0.5, 0.6) is 0 Å². The van der Waals surface area contributed by atoms with Crippen LogP contribution in [0.25, 0.3) is 0 Å². The molecule has 4 rings (SSSR count). The number of H-pyrrole nitrogens is 1. The zero-order valence-corrected chi connectivity index (χ0v) is 19.6. The van der Waals surface area contributed by atoms with Crippen LogP contribution in [0, 0.1) is 12.8 Å². The molecule has 8 heteroatoms. The summed E-state index contributed by atoms with van der Waals surface area (Å²) in [7, 11) is 0. The Hall–Kier alpha value is -3.19. The molecule has 0 bridgehead atoms. The molecular formula is C25H28ClN4O3+. The molecule has 0 spiro atoms. The number of halogens is 1. The quantitative estimate of drug-likeness (QED) is 0.521. The number of benzene rings is 1. The van der Waals surface area contributed by atoms with Crippen LogP contribution < -0.4 is 5.73 Å². The highest BCUT2D eigenvalue weighted by molar-refractivity contribution is 6.34. The van der Waals surface area contributed by atoms with Crippen LogP contribution in [-0.4, -0.2) is 58.0 Å². The number of likely N-dealkylation sites (tertiary alicyclic amines) is 1. The maximum Gasteiger partial charge on any atom is 0.436 e. The standard InChI is InChI=1S/C25H27ClN4O3/c1-3-4-9-30-14-20(19-12-15(2)28-22(19)25(30)33)17-5-6-18(21(26)13-17)24(32)29-10-7-16(8-11-29)23(27)31/h3-6,12-14,16,20H,7-11H2,1-2H3,(H2-,27,28,31,33)/p+1/b4-3+. The number of fused-ring (bicyclic) bond motifs is 1. The second-order valence-corrected chi connectivity index (χ2v) is 9.05. The van der Waals surface area contributed by atoms with Crippen molar-refractivity contribution in [2.24, 2.45) is 11.7 Å². The van der Waals surface area contributed by atoms with E-state index in [1.165, 1.54) is 0 Å². The van der Waals surface area contributed by atoms with Crippen LogP contribution in [0.2, 0.25) is 5.02 Å². The average molecular weight is 468 g/mol. The first-order chi connectivity index (χ1) is 15.8. The number of aryl methyl sites for hydroxylation is 1. The summed E-state index contributed by atoms with van der Waals surface area (Å²) in [6.45, 7) is 5.29. The summed E-state index contributed by atoms with van der Waals surface area (Å²) in [5.41, 5.74) is 9.13. The Morgan fingerprint density at radius 1 is 1.27 bits per heavy atom.